The van der Waals surface area contributed by atoms with Gasteiger partial charge in [0.1, 0.15) is 6.04 Å². The first kappa shape index (κ1) is 15.1. The van der Waals surface area contributed by atoms with Gasteiger partial charge in [0.2, 0.25) is 0 Å². The zero-order chi connectivity index (χ0) is 13.2. The van der Waals surface area contributed by atoms with Crippen LogP contribution in [-0.2, 0) is 10.5 Å². The molecule has 0 saturated carbocycles. The van der Waals surface area contributed by atoms with Crippen molar-refractivity contribution in [3.8, 4) is 0 Å². The molecule has 0 radical (unpaired) electrons. The number of hydrogen-bond donors (Lipinski definition) is 2. The van der Waals surface area contributed by atoms with Crippen LogP contribution in [0.5, 0.6) is 0 Å². The van der Waals surface area contributed by atoms with Gasteiger partial charge < -0.3 is 10.4 Å². The normalized spacial score (nSPS) is 12.3. The molecule has 1 rings (SSSR count). The van der Waals surface area contributed by atoms with Gasteiger partial charge in [-0.2, -0.15) is 11.8 Å². The van der Waals surface area contributed by atoms with Crippen LogP contribution in [0, 0.1) is 0 Å². The predicted octanol–water partition coefficient (Wildman–Crippen LogP) is 2.76. The lowest BCUT2D eigenvalue weighted by Gasteiger charge is -2.13. The Morgan fingerprint density at radius 1 is 1.39 bits per heavy atom. The summed E-state index contributed by atoms with van der Waals surface area (Å²) in [4.78, 5) is 11.0. The van der Waals surface area contributed by atoms with Crippen molar-refractivity contribution in [3.63, 3.8) is 0 Å². The first-order valence-electron chi connectivity index (χ1n) is 6.32. The minimum Gasteiger partial charge on any atom is -0.480 e. The van der Waals surface area contributed by atoms with E-state index < -0.39 is 12.0 Å². The number of thioether (sulfide) groups is 1. The Labute approximate surface area is 113 Å². The second kappa shape index (κ2) is 9.00. The molecule has 0 aliphatic heterocycles. The molecular formula is C14H21NO2S. The van der Waals surface area contributed by atoms with Crippen LogP contribution in [0.15, 0.2) is 30.3 Å². The van der Waals surface area contributed by atoms with Gasteiger partial charge in [-0.05, 0) is 30.7 Å². The van der Waals surface area contributed by atoms with Crippen LogP contribution in [0.1, 0.15) is 25.3 Å². The van der Waals surface area contributed by atoms with Gasteiger partial charge in [-0.25, -0.2) is 0 Å². The molecule has 0 aromatic heterocycles. The molecule has 1 aromatic rings. The summed E-state index contributed by atoms with van der Waals surface area (Å²) >= 11 is 1.78. The maximum atomic E-state index is 11.0. The SMILES string of the molecule is CCCNC(CCSCc1ccccc1)C(=O)O. The van der Waals surface area contributed by atoms with E-state index in [-0.39, 0.29) is 0 Å². The van der Waals surface area contributed by atoms with E-state index in [9.17, 15) is 4.79 Å². The van der Waals surface area contributed by atoms with Crippen molar-refractivity contribution in [1.29, 1.82) is 0 Å². The summed E-state index contributed by atoms with van der Waals surface area (Å²) in [6.07, 6.45) is 1.63. The maximum absolute atomic E-state index is 11.0. The van der Waals surface area contributed by atoms with Gasteiger partial charge in [-0.15, -0.1) is 0 Å². The van der Waals surface area contributed by atoms with E-state index in [2.05, 4.69) is 17.4 Å². The van der Waals surface area contributed by atoms with Crippen molar-refractivity contribution >= 4 is 17.7 Å². The number of nitrogens with one attached hydrogen (secondary N) is 1. The molecule has 0 fully saturated rings. The average Bonchev–Trinajstić information content (AvgIpc) is 2.38. The van der Waals surface area contributed by atoms with E-state index in [1.165, 1.54) is 5.56 Å². The van der Waals surface area contributed by atoms with Crippen LogP contribution in [0.2, 0.25) is 0 Å². The van der Waals surface area contributed by atoms with Gasteiger partial charge >= 0.3 is 5.97 Å². The Morgan fingerprint density at radius 3 is 2.72 bits per heavy atom. The van der Waals surface area contributed by atoms with E-state index in [0.717, 1.165) is 24.5 Å². The molecule has 100 valence electrons. The summed E-state index contributed by atoms with van der Waals surface area (Å²) < 4.78 is 0. The number of hydrogen-bond acceptors (Lipinski definition) is 3. The monoisotopic (exact) mass is 267 g/mol. The van der Waals surface area contributed by atoms with E-state index in [4.69, 9.17) is 5.11 Å². The van der Waals surface area contributed by atoms with Crippen molar-refractivity contribution in [2.24, 2.45) is 0 Å². The molecule has 1 aromatic carbocycles. The molecule has 0 bridgehead atoms. The standard InChI is InChI=1S/C14H21NO2S/c1-2-9-15-13(14(16)17)8-10-18-11-12-6-4-3-5-7-12/h3-7,13,15H,2,8-11H2,1H3,(H,16,17). The third-order valence-corrected chi connectivity index (χ3v) is 3.66. The van der Waals surface area contributed by atoms with Crippen LogP contribution >= 0.6 is 11.8 Å². The lowest BCUT2D eigenvalue weighted by Crippen LogP contribution is -2.37. The van der Waals surface area contributed by atoms with Gasteiger partial charge in [0.05, 0.1) is 0 Å². The minimum atomic E-state index is -0.747. The number of carboxylic acids is 1. The summed E-state index contributed by atoms with van der Waals surface area (Å²) in [6, 6.07) is 9.84. The van der Waals surface area contributed by atoms with Crippen LogP contribution in [0.3, 0.4) is 0 Å². The summed E-state index contributed by atoms with van der Waals surface area (Å²) in [7, 11) is 0. The lowest BCUT2D eigenvalue weighted by molar-refractivity contribution is -0.139. The van der Waals surface area contributed by atoms with Crippen molar-refractivity contribution in [3.05, 3.63) is 35.9 Å². The van der Waals surface area contributed by atoms with Crippen molar-refractivity contribution in [1.82, 2.24) is 5.32 Å². The zero-order valence-corrected chi connectivity index (χ0v) is 11.6. The van der Waals surface area contributed by atoms with Gasteiger partial charge in [0.25, 0.3) is 0 Å². The fourth-order valence-corrected chi connectivity index (χ4v) is 2.57. The molecule has 0 saturated heterocycles. The average molecular weight is 267 g/mol. The first-order chi connectivity index (χ1) is 8.74. The van der Waals surface area contributed by atoms with Crippen LogP contribution < -0.4 is 5.32 Å². The Morgan fingerprint density at radius 2 is 2.11 bits per heavy atom. The molecule has 18 heavy (non-hydrogen) atoms. The molecule has 0 heterocycles. The summed E-state index contributed by atoms with van der Waals surface area (Å²) in [6.45, 7) is 2.80. The Balaban J connectivity index is 2.20. The molecule has 0 aliphatic carbocycles. The Hall–Kier alpha value is -1.00. The third-order valence-electron chi connectivity index (χ3n) is 2.60. The molecule has 0 amide bonds. The van der Waals surface area contributed by atoms with Crippen LogP contribution in [-0.4, -0.2) is 29.4 Å². The van der Waals surface area contributed by atoms with Gasteiger partial charge in [0.15, 0.2) is 0 Å². The quantitative estimate of drug-likeness (QED) is 0.675. The largest absolute Gasteiger partial charge is 0.480 e. The van der Waals surface area contributed by atoms with Crippen molar-refractivity contribution in [2.45, 2.75) is 31.6 Å². The zero-order valence-electron chi connectivity index (χ0n) is 10.8. The number of benzene rings is 1. The first-order valence-corrected chi connectivity index (χ1v) is 7.47. The molecule has 0 spiro atoms. The molecule has 0 aliphatic rings. The van der Waals surface area contributed by atoms with Crippen molar-refractivity contribution in [2.75, 3.05) is 12.3 Å². The number of carbonyl (C=O) groups is 1. The van der Waals surface area contributed by atoms with E-state index in [1.54, 1.807) is 11.8 Å². The second-order valence-corrected chi connectivity index (χ2v) is 5.28. The van der Waals surface area contributed by atoms with E-state index >= 15 is 0 Å². The number of aliphatic carboxylic acids is 1. The predicted molar refractivity (Wildman–Crippen MR) is 76.9 cm³/mol. The van der Waals surface area contributed by atoms with E-state index in [0.29, 0.717) is 6.42 Å². The molecule has 1 atom stereocenters. The molecule has 4 heteroatoms. The highest BCUT2D eigenvalue weighted by atomic mass is 32.2. The van der Waals surface area contributed by atoms with Crippen LogP contribution in [0.25, 0.3) is 0 Å². The maximum Gasteiger partial charge on any atom is 0.320 e. The summed E-state index contributed by atoms with van der Waals surface area (Å²) in [5, 5.41) is 12.1. The smallest absolute Gasteiger partial charge is 0.320 e. The minimum absolute atomic E-state index is 0.409. The molecule has 2 N–H and O–H groups in total. The second-order valence-electron chi connectivity index (χ2n) is 4.17. The van der Waals surface area contributed by atoms with E-state index in [1.807, 2.05) is 25.1 Å². The topological polar surface area (TPSA) is 49.3 Å². The molecular weight excluding hydrogens is 246 g/mol. The lowest BCUT2D eigenvalue weighted by atomic mass is 10.2. The highest BCUT2D eigenvalue weighted by Crippen LogP contribution is 2.13. The summed E-state index contributed by atoms with van der Waals surface area (Å²) in [5.74, 6) is 1.06. The Bertz CT molecular complexity index is 343. The fourth-order valence-electron chi connectivity index (χ4n) is 1.60. The van der Waals surface area contributed by atoms with Gasteiger partial charge in [0, 0.05) is 5.75 Å². The van der Waals surface area contributed by atoms with Gasteiger partial charge in [-0.3, -0.25) is 4.79 Å². The third kappa shape index (κ3) is 6.07. The highest BCUT2D eigenvalue weighted by Gasteiger charge is 2.15. The molecule has 3 nitrogen and oxygen atoms in total. The van der Waals surface area contributed by atoms with Gasteiger partial charge in [-0.1, -0.05) is 37.3 Å². The fraction of sp³-hybridized carbons (Fsp3) is 0.500. The van der Waals surface area contributed by atoms with Crippen LogP contribution in [0.4, 0.5) is 0 Å². The Kier molecular flexibility index (Phi) is 7.53. The summed E-state index contributed by atoms with van der Waals surface area (Å²) in [5.41, 5.74) is 1.29. The molecule has 1 unspecified atom stereocenters. The number of rotatable bonds is 9. The van der Waals surface area contributed by atoms with Crippen molar-refractivity contribution < 1.29 is 9.90 Å². The number of carboxylic acid groups (broad SMARTS) is 1. The highest BCUT2D eigenvalue weighted by molar-refractivity contribution is 7.98.